The lowest BCUT2D eigenvalue weighted by atomic mass is 10.1. The van der Waals surface area contributed by atoms with Gasteiger partial charge in [-0.05, 0) is 62.1 Å². The number of carbonyl (C=O) groups excluding carboxylic acids is 1. The van der Waals surface area contributed by atoms with Crippen LogP contribution in [0.25, 0.3) is 5.57 Å². The minimum absolute atomic E-state index is 0.318. The quantitative estimate of drug-likeness (QED) is 0.766. The molecule has 0 aromatic heterocycles. The van der Waals surface area contributed by atoms with Crippen LogP contribution in [0, 0.1) is 0 Å². The second-order valence-electron chi connectivity index (χ2n) is 2.95. The van der Waals surface area contributed by atoms with Gasteiger partial charge in [-0.25, -0.2) is 4.79 Å². The zero-order chi connectivity index (χ0) is 11.4. The van der Waals surface area contributed by atoms with Gasteiger partial charge in [-0.3, -0.25) is 0 Å². The molecule has 0 amide bonds. The molecule has 1 rings (SSSR count). The van der Waals surface area contributed by atoms with Crippen molar-refractivity contribution in [3.05, 3.63) is 38.8 Å². The van der Waals surface area contributed by atoms with E-state index >= 15 is 0 Å². The van der Waals surface area contributed by atoms with E-state index in [0.29, 0.717) is 5.56 Å². The van der Waals surface area contributed by atoms with Gasteiger partial charge in [-0.15, -0.1) is 0 Å². The number of methoxy groups -OCH3 is 1. The molecule has 0 unspecified atom stereocenters. The van der Waals surface area contributed by atoms with Crippen LogP contribution in [0.15, 0.2) is 27.7 Å². The summed E-state index contributed by atoms with van der Waals surface area (Å²) in [5.74, 6) is -0.318. The van der Waals surface area contributed by atoms with Crippen LogP contribution in [0.2, 0.25) is 0 Å². The Bertz CT molecular complexity index is 390. The lowest BCUT2D eigenvalue weighted by molar-refractivity contribution is 0.0601. The van der Waals surface area contributed by atoms with Gasteiger partial charge in [0.25, 0.3) is 0 Å². The van der Waals surface area contributed by atoms with E-state index in [-0.39, 0.29) is 5.97 Å². The summed E-state index contributed by atoms with van der Waals surface area (Å²) in [6.07, 6.45) is 0. The molecule has 0 atom stereocenters. The summed E-state index contributed by atoms with van der Waals surface area (Å²) < 4.78 is 5.52. The first kappa shape index (κ1) is 12.5. The number of ether oxygens (including phenoxy) is 1. The standard InChI is InChI=1S/C11H10Br2O2/c1-7(10(12)13)8-3-5-9(6-4-8)11(14)15-2/h3-6H,1-2H3. The number of hydrogen-bond donors (Lipinski definition) is 0. The average Bonchev–Trinajstić information content (AvgIpc) is 2.27. The normalized spacial score (nSPS) is 9.60. The lowest BCUT2D eigenvalue weighted by Crippen LogP contribution is -2.00. The van der Waals surface area contributed by atoms with E-state index in [1.807, 2.05) is 19.1 Å². The summed E-state index contributed by atoms with van der Waals surface area (Å²) >= 11 is 6.68. The van der Waals surface area contributed by atoms with E-state index in [2.05, 4.69) is 36.6 Å². The number of hydrogen-bond acceptors (Lipinski definition) is 2. The molecular formula is C11H10Br2O2. The molecule has 0 aliphatic heterocycles. The maximum absolute atomic E-state index is 11.2. The van der Waals surface area contributed by atoms with E-state index in [9.17, 15) is 4.79 Å². The molecule has 0 spiro atoms. The maximum Gasteiger partial charge on any atom is 0.337 e. The molecule has 1 aromatic rings. The second-order valence-corrected chi connectivity index (χ2v) is 5.60. The van der Waals surface area contributed by atoms with Crippen LogP contribution < -0.4 is 0 Å². The Morgan fingerprint density at radius 2 is 1.60 bits per heavy atom. The summed E-state index contributed by atoms with van der Waals surface area (Å²) in [6, 6.07) is 7.25. The lowest BCUT2D eigenvalue weighted by Gasteiger charge is -2.03. The molecule has 0 heterocycles. The topological polar surface area (TPSA) is 26.3 Å². The van der Waals surface area contributed by atoms with Gasteiger partial charge in [-0.1, -0.05) is 12.1 Å². The van der Waals surface area contributed by atoms with Gasteiger partial charge in [0.2, 0.25) is 0 Å². The van der Waals surface area contributed by atoms with Crippen LogP contribution in [-0.4, -0.2) is 13.1 Å². The number of rotatable bonds is 2. The molecule has 4 heteroatoms. The fraction of sp³-hybridized carbons (Fsp3) is 0.182. The molecule has 1 aromatic carbocycles. The Balaban J connectivity index is 3.01. The predicted octanol–water partition coefficient (Wildman–Crippen LogP) is 3.95. The van der Waals surface area contributed by atoms with Crippen LogP contribution in [0.1, 0.15) is 22.8 Å². The molecule has 0 bridgehead atoms. The molecule has 0 fully saturated rings. The third kappa shape index (κ3) is 3.18. The van der Waals surface area contributed by atoms with E-state index in [1.54, 1.807) is 12.1 Å². The van der Waals surface area contributed by atoms with Crippen molar-refractivity contribution in [2.45, 2.75) is 6.92 Å². The highest BCUT2D eigenvalue weighted by Gasteiger charge is 2.05. The van der Waals surface area contributed by atoms with E-state index in [1.165, 1.54) is 7.11 Å². The van der Waals surface area contributed by atoms with Gasteiger partial charge in [-0.2, -0.15) is 0 Å². The van der Waals surface area contributed by atoms with Crippen LogP contribution in [-0.2, 0) is 4.74 Å². The number of carbonyl (C=O) groups is 1. The minimum atomic E-state index is -0.318. The monoisotopic (exact) mass is 332 g/mol. The highest BCUT2D eigenvalue weighted by Crippen LogP contribution is 2.26. The van der Waals surface area contributed by atoms with E-state index in [0.717, 1.165) is 14.5 Å². The molecule has 0 saturated carbocycles. The van der Waals surface area contributed by atoms with Crippen LogP contribution in [0.4, 0.5) is 0 Å². The Morgan fingerprint density at radius 3 is 2.00 bits per heavy atom. The predicted molar refractivity (Wildman–Crippen MR) is 68.2 cm³/mol. The molecule has 0 aliphatic rings. The van der Waals surface area contributed by atoms with Crippen molar-refractivity contribution in [3.63, 3.8) is 0 Å². The second kappa shape index (κ2) is 5.47. The first-order valence-corrected chi connectivity index (χ1v) is 5.85. The van der Waals surface area contributed by atoms with Crippen molar-refractivity contribution in [3.8, 4) is 0 Å². The number of halogens is 2. The summed E-state index contributed by atoms with van der Waals surface area (Å²) in [5, 5.41) is 0. The zero-order valence-corrected chi connectivity index (χ0v) is 11.6. The van der Waals surface area contributed by atoms with Gasteiger partial charge in [0.15, 0.2) is 0 Å². The first-order chi connectivity index (χ1) is 7.06. The molecule has 80 valence electrons. The van der Waals surface area contributed by atoms with Gasteiger partial charge >= 0.3 is 5.97 Å². The zero-order valence-electron chi connectivity index (χ0n) is 8.38. The van der Waals surface area contributed by atoms with Crippen LogP contribution >= 0.6 is 31.9 Å². The molecule has 2 nitrogen and oxygen atoms in total. The maximum atomic E-state index is 11.2. The molecule has 0 aliphatic carbocycles. The van der Waals surface area contributed by atoms with Gasteiger partial charge in [0.1, 0.15) is 0 Å². The van der Waals surface area contributed by atoms with E-state index in [4.69, 9.17) is 0 Å². The largest absolute Gasteiger partial charge is 0.465 e. The molecule has 15 heavy (non-hydrogen) atoms. The summed E-state index contributed by atoms with van der Waals surface area (Å²) in [4.78, 5) is 11.2. The summed E-state index contributed by atoms with van der Waals surface area (Å²) in [6.45, 7) is 1.98. The molecule has 0 saturated heterocycles. The Kier molecular flexibility index (Phi) is 4.54. The highest BCUT2D eigenvalue weighted by molar-refractivity contribution is 9.28. The minimum Gasteiger partial charge on any atom is -0.465 e. The Morgan fingerprint density at radius 1 is 1.13 bits per heavy atom. The van der Waals surface area contributed by atoms with Crippen LogP contribution in [0.5, 0.6) is 0 Å². The molecule has 0 radical (unpaired) electrons. The average molecular weight is 334 g/mol. The van der Waals surface area contributed by atoms with Gasteiger partial charge in [0, 0.05) is 0 Å². The Hall–Kier alpha value is -0.610. The third-order valence-electron chi connectivity index (χ3n) is 2.02. The first-order valence-electron chi connectivity index (χ1n) is 4.27. The molecule has 0 N–H and O–H groups in total. The van der Waals surface area contributed by atoms with Crippen molar-refractivity contribution < 1.29 is 9.53 Å². The number of esters is 1. The third-order valence-corrected chi connectivity index (χ3v) is 3.21. The van der Waals surface area contributed by atoms with Crippen LogP contribution in [0.3, 0.4) is 0 Å². The van der Waals surface area contributed by atoms with Crippen molar-refractivity contribution in [2.24, 2.45) is 0 Å². The summed E-state index contributed by atoms with van der Waals surface area (Å²) in [7, 11) is 1.37. The Labute approximate surface area is 106 Å². The van der Waals surface area contributed by atoms with Crippen molar-refractivity contribution in [1.82, 2.24) is 0 Å². The fourth-order valence-corrected chi connectivity index (χ4v) is 1.54. The van der Waals surface area contributed by atoms with Gasteiger partial charge < -0.3 is 4.74 Å². The summed E-state index contributed by atoms with van der Waals surface area (Å²) in [5.41, 5.74) is 2.68. The number of allylic oxidation sites excluding steroid dienone is 1. The smallest absolute Gasteiger partial charge is 0.337 e. The highest BCUT2D eigenvalue weighted by atomic mass is 79.9. The van der Waals surface area contributed by atoms with Crippen molar-refractivity contribution in [1.29, 1.82) is 0 Å². The fourth-order valence-electron chi connectivity index (χ4n) is 1.08. The SMILES string of the molecule is COC(=O)c1ccc(C(C)=C(Br)Br)cc1. The van der Waals surface area contributed by atoms with Crippen molar-refractivity contribution >= 4 is 43.4 Å². The van der Waals surface area contributed by atoms with Crippen molar-refractivity contribution in [2.75, 3.05) is 7.11 Å². The molecular weight excluding hydrogens is 324 g/mol. The number of benzene rings is 1. The van der Waals surface area contributed by atoms with E-state index < -0.39 is 0 Å². The van der Waals surface area contributed by atoms with Gasteiger partial charge in [0.05, 0.1) is 16.1 Å².